The average molecular weight is 463 g/mol. The third-order valence-electron chi connectivity index (χ3n) is 3.76. The highest BCUT2D eigenvalue weighted by atomic mass is 79.9. The number of rotatable bonds is 6. The van der Waals surface area contributed by atoms with Gasteiger partial charge in [0.2, 0.25) is 5.91 Å². The van der Waals surface area contributed by atoms with E-state index in [0.29, 0.717) is 5.69 Å². The van der Waals surface area contributed by atoms with Gasteiger partial charge in [-0.25, -0.2) is 9.59 Å². The van der Waals surface area contributed by atoms with E-state index in [2.05, 4.69) is 26.6 Å². The molecule has 0 saturated carbocycles. The first-order valence-electron chi connectivity index (χ1n) is 8.92. The summed E-state index contributed by atoms with van der Waals surface area (Å²) >= 11 is 3.36. The highest BCUT2D eigenvalue weighted by Gasteiger charge is 2.25. The predicted molar refractivity (Wildman–Crippen MR) is 113 cm³/mol. The Morgan fingerprint density at radius 2 is 1.62 bits per heavy atom. The molecular weight excluding hydrogens is 440 g/mol. The van der Waals surface area contributed by atoms with Crippen LogP contribution in [0.1, 0.15) is 36.7 Å². The van der Waals surface area contributed by atoms with Gasteiger partial charge in [0.1, 0.15) is 11.6 Å². The molecule has 0 saturated heterocycles. The lowest BCUT2D eigenvalue weighted by molar-refractivity contribution is -0.118. The number of carbonyl (C=O) groups is 3. The summed E-state index contributed by atoms with van der Waals surface area (Å²) in [5, 5.41) is 14.3. The van der Waals surface area contributed by atoms with Crippen molar-refractivity contribution >= 4 is 39.6 Å². The van der Waals surface area contributed by atoms with Crippen molar-refractivity contribution in [3.63, 3.8) is 0 Å². The molecule has 0 spiro atoms. The molecule has 29 heavy (non-hydrogen) atoms. The number of hydrogen-bond acceptors (Lipinski definition) is 4. The molecule has 2 amide bonds. The summed E-state index contributed by atoms with van der Waals surface area (Å²) in [4.78, 5) is 36.0. The van der Waals surface area contributed by atoms with Gasteiger partial charge in [0.25, 0.3) is 0 Å². The van der Waals surface area contributed by atoms with Crippen LogP contribution in [-0.4, -0.2) is 34.7 Å². The molecule has 2 rings (SSSR count). The zero-order valence-electron chi connectivity index (χ0n) is 16.4. The number of hydrogen-bond donors (Lipinski definition) is 3. The average Bonchev–Trinajstić information content (AvgIpc) is 2.62. The molecule has 1 unspecified atom stereocenters. The fraction of sp³-hybridized carbons (Fsp3) is 0.286. The summed E-state index contributed by atoms with van der Waals surface area (Å²) in [7, 11) is 0. The maximum Gasteiger partial charge on any atom is 0.408 e. The Labute approximate surface area is 177 Å². The molecule has 0 fully saturated rings. The van der Waals surface area contributed by atoms with E-state index in [9.17, 15) is 14.4 Å². The Hall–Kier alpha value is -2.87. The molecular formula is C21H23BrN2O5. The van der Waals surface area contributed by atoms with Crippen molar-refractivity contribution < 1.29 is 24.2 Å². The van der Waals surface area contributed by atoms with Crippen molar-refractivity contribution in [2.45, 2.75) is 38.8 Å². The SMILES string of the molecule is CC(C)(C)OC(=O)NC(Cc1ccc(Br)cc1)C(=O)Nc1ccc(C(=O)O)cc1. The number of alkyl carbamates (subject to hydrolysis) is 1. The van der Waals surface area contributed by atoms with Crippen molar-refractivity contribution in [1.82, 2.24) is 5.32 Å². The first-order chi connectivity index (χ1) is 13.5. The fourth-order valence-corrected chi connectivity index (χ4v) is 2.71. The molecule has 0 bridgehead atoms. The Balaban J connectivity index is 2.15. The van der Waals surface area contributed by atoms with Crippen LogP contribution in [0, 0.1) is 0 Å². The second kappa shape index (κ2) is 9.56. The second-order valence-corrected chi connectivity index (χ2v) is 8.32. The maximum absolute atomic E-state index is 12.8. The van der Waals surface area contributed by atoms with Gasteiger partial charge in [-0.15, -0.1) is 0 Å². The summed E-state index contributed by atoms with van der Waals surface area (Å²) in [6.45, 7) is 5.21. The Morgan fingerprint density at radius 3 is 2.14 bits per heavy atom. The van der Waals surface area contributed by atoms with Gasteiger partial charge < -0.3 is 20.5 Å². The molecule has 2 aromatic rings. The minimum atomic E-state index is -1.05. The van der Waals surface area contributed by atoms with Crippen molar-refractivity contribution in [3.8, 4) is 0 Å². The zero-order chi connectivity index (χ0) is 21.6. The number of halogens is 1. The summed E-state index contributed by atoms with van der Waals surface area (Å²) in [6.07, 6.45) is -0.443. The zero-order valence-corrected chi connectivity index (χ0v) is 17.9. The Bertz CT molecular complexity index is 873. The van der Waals surface area contributed by atoms with Crippen molar-refractivity contribution in [2.24, 2.45) is 0 Å². The third-order valence-corrected chi connectivity index (χ3v) is 4.29. The molecule has 8 heteroatoms. The molecule has 2 aromatic carbocycles. The fourth-order valence-electron chi connectivity index (χ4n) is 2.44. The highest BCUT2D eigenvalue weighted by molar-refractivity contribution is 9.10. The number of carboxylic acid groups (broad SMARTS) is 1. The number of aromatic carboxylic acids is 1. The van der Waals surface area contributed by atoms with Crippen LogP contribution >= 0.6 is 15.9 Å². The standard InChI is InChI=1S/C21H23BrN2O5/c1-21(2,3)29-20(28)24-17(12-13-4-8-15(22)9-5-13)18(25)23-16-10-6-14(7-11-16)19(26)27/h4-11,17H,12H2,1-3H3,(H,23,25)(H,24,28)(H,26,27). The van der Waals surface area contributed by atoms with Crippen LogP contribution in [0.25, 0.3) is 0 Å². The minimum absolute atomic E-state index is 0.112. The number of ether oxygens (including phenoxy) is 1. The van der Waals surface area contributed by atoms with Crippen molar-refractivity contribution in [1.29, 1.82) is 0 Å². The van der Waals surface area contributed by atoms with Crippen molar-refractivity contribution in [2.75, 3.05) is 5.32 Å². The van der Waals surface area contributed by atoms with Gasteiger partial charge in [-0.3, -0.25) is 4.79 Å². The molecule has 0 aliphatic rings. The topological polar surface area (TPSA) is 105 Å². The summed E-state index contributed by atoms with van der Waals surface area (Å²) < 4.78 is 6.17. The van der Waals surface area contributed by atoms with Crippen LogP contribution in [0.15, 0.2) is 53.0 Å². The third kappa shape index (κ3) is 7.57. The molecule has 0 heterocycles. The first-order valence-corrected chi connectivity index (χ1v) is 9.71. The number of carboxylic acids is 1. The van der Waals surface area contributed by atoms with Crippen LogP contribution in [0.2, 0.25) is 0 Å². The molecule has 7 nitrogen and oxygen atoms in total. The molecule has 0 aromatic heterocycles. The number of nitrogens with one attached hydrogen (secondary N) is 2. The highest BCUT2D eigenvalue weighted by Crippen LogP contribution is 2.15. The second-order valence-electron chi connectivity index (χ2n) is 7.40. The lowest BCUT2D eigenvalue weighted by Crippen LogP contribution is -2.47. The van der Waals surface area contributed by atoms with Gasteiger partial charge in [0.05, 0.1) is 5.56 Å². The van der Waals surface area contributed by atoms with E-state index in [0.717, 1.165) is 10.0 Å². The summed E-state index contributed by atoms with van der Waals surface area (Å²) in [5.41, 5.74) is 0.689. The molecule has 1 atom stereocenters. The largest absolute Gasteiger partial charge is 0.478 e. The number of amides is 2. The predicted octanol–water partition coefficient (Wildman–Crippen LogP) is 4.22. The number of anilines is 1. The molecule has 0 aliphatic carbocycles. The van der Waals surface area contributed by atoms with Gasteiger partial charge in [-0.2, -0.15) is 0 Å². The summed E-state index contributed by atoms with van der Waals surface area (Å²) in [5.74, 6) is -1.50. The van der Waals surface area contributed by atoms with Crippen molar-refractivity contribution in [3.05, 3.63) is 64.1 Å². The van der Waals surface area contributed by atoms with Gasteiger partial charge in [-0.05, 0) is 62.7 Å². The maximum atomic E-state index is 12.8. The molecule has 0 aliphatic heterocycles. The van der Waals surface area contributed by atoms with Gasteiger partial charge in [0, 0.05) is 16.6 Å². The van der Waals surface area contributed by atoms with E-state index in [4.69, 9.17) is 9.84 Å². The molecule has 154 valence electrons. The van der Waals surface area contributed by atoms with E-state index in [1.165, 1.54) is 24.3 Å². The lowest BCUT2D eigenvalue weighted by Gasteiger charge is -2.23. The van der Waals surface area contributed by atoms with E-state index in [1.54, 1.807) is 20.8 Å². The molecule has 0 radical (unpaired) electrons. The van der Waals surface area contributed by atoms with Gasteiger partial charge >= 0.3 is 12.1 Å². The van der Waals surface area contributed by atoms with Crippen LogP contribution in [0.4, 0.5) is 10.5 Å². The number of benzene rings is 2. The van der Waals surface area contributed by atoms with Crippen LogP contribution in [-0.2, 0) is 16.0 Å². The smallest absolute Gasteiger partial charge is 0.408 e. The normalized spacial score (nSPS) is 12.0. The summed E-state index contributed by atoms with van der Waals surface area (Å²) in [6, 6.07) is 12.3. The van der Waals surface area contributed by atoms with Gasteiger partial charge in [-0.1, -0.05) is 28.1 Å². The Kier molecular flexibility index (Phi) is 7.39. The molecule has 3 N–H and O–H groups in total. The van der Waals surface area contributed by atoms with E-state index < -0.39 is 29.6 Å². The lowest BCUT2D eigenvalue weighted by atomic mass is 10.1. The first kappa shape index (κ1) is 22.4. The van der Waals surface area contributed by atoms with E-state index in [1.807, 2.05) is 24.3 Å². The quantitative estimate of drug-likeness (QED) is 0.595. The number of carbonyl (C=O) groups excluding carboxylic acids is 2. The van der Waals surface area contributed by atoms with Crippen LogP contribution < -0.4 is 10.6 Å². The van der Waals surface area contributed by atoms with E-state index in [-0.39, 0.29) is 12.0 Å². The van der Waals surface area contributed by atoms with E-state index >= 15 is 0 Å². The minimum Gasteiger partial charge on any atom is -0.478 e. The Morgan fingerprint density at radius 1 is 1.03 bits per heavy atom. The van der Waals surface area contributed by atoms with Crippen LogP contribution in [0.5, 0.6) is 0 Å². The van der Waals surface area contributed by atoms with Gasteiger partial charge in [0.15, 0.2) is 0 Å². The monoisotopic (exact) mass is 462 g/mol. The van der Waals surface area contributed by atoms with Crippen LogP contribution in [0.3, 0.4) is 0 Å².